The van der Waals surface area contributed by atoms with Crippen LogP contribution in [-0.2, 0) is 26.0 Å². The molecule has 0 radical (unpaired) electrons. The van der Waals surface area contributed by atoms with Gasteiger partial charge in [-0.25, -0.2) is 8.42 Å². The summed E-state index contributed by atoms with van der Waals surface area (Å²) in [5.41, 5.74) is 1.44. The first-order valence-electron chi connectivity index (χ1n) is 9.98. The molecule has 0 unspecified atom stereocenters. The summed E-state index contributed by atoms with van der Waals surface area (Å²) in [6, 6.07) is 15.8. The number of nitrogens with zero attached hydrogens (tertiary/aromatic N) is 2. The standard InChI is InChI=1S/C22H28IN3O4S/c1-4-24-22(28)17(2)25(15-14-18-8-6-5-7-9-18)21(27)16-26(31(3,29)30)20-12-10-19(23)11-13-20/h5-13,17H,4,14-16H2,1-3H3,(H,24,28)/t17-/m0/s1. The van der Waals surface area contributed by atoms with Gasteiger partial charge in [0.25, 0.3) is 0 Å². The molecule has 31 heavy (non-hydrogen) atoms. The Morgan fingerprint density at radius 3 is 2.23 bits per heavy atom. The van der Waals surface area contributed by atoms with Crippen LogP contribution in [0.5, 0.6) is 0 Å². The van der Waals surface area contributed by atoms with Gasteiger partial charge in [0.1, 0.15) is 12.6 Å². The number of halogens is 1. The van der Waals surface area contributed by atoms with E-state index in [0.29, 0.717) is 25.2 Å². The summed E-state index contributed by atoms with van der Waals surface area (Å²) in [7, 11) is -3.70. The van der Waals surface area contributed by atoms with Gasteiger partial charge in [-0.1, -0.05) is 30.3 Å². The quantitative estimate of drug-likeness (QED) is 0.456. The summed E-state index contributed by atoms with van der Waals surface area (Å²) in [5, 5.41) is 2.73. The number of likely N-dealkylation sites (N-methyl/N-ethyl adjacent to an activating group) is 1. The molecular weight excluding hydrogens is 529 g/mol. The number of carbonyl (C=O) groups is 2. The molecule has 0 fully saturated rings. The normalized spacial score (nSPS) is 12.1. The van der Waals surface area contributed by atoms with E-state index in [-0.39, 0.29) is 12.5 Å². The van der Waals surface area contributed by atoms with Gasteiger partial charge in [-0.3, -0.25) is 13.9 Å². The molecule has 168 valence electrons. The maximum absolute atomic E-state index is 13.3. The number of benzene rings is 2. The average molecular weight is 557 g/mol. The summed E-state index contributed by atoms with van der Waals surface area (Å²) < 4.78 is 26.9. The van der Waals surface area contributed by atoms with Gasteiger partial charge < -0.3 is 10.2 Å². The molecule has 0 saturated carbocycles. The number of sulfonamides is 1. The molecule has 2 amide bonds. The largest absolute Gasteiger partial charge is 0.355 e. The van der Waals surface area contributed by atoms with Crippen molar-refractivity contribution in [2.45, 2.75) is 26.3 Å². The van der Waals surface area contributed by atoms with Crippen LogP contribution in [0, 0.1) is 3.57 Å². The topological polar surface area (TPSA) is 86.8 Å². The maximum atomic E-state index is 13.3. The van der Waals surface area contributed by atoms with Crippen LogP contribution in [-0.4, -0.2) is 57.1 Å². The van der Waals surface area contributed by atoms with E-state index in [4.69, 9.17) is 0 Å². The number of anilines is 1. The molecule has 0 saturated heterocycles. The van der Waals surface area contributed by atoms with Gasteiger partial charge in [0, 0.05) is 16.7 Å². The molecule has 0 bridgehead atoms. The van der Waals surface area contributed by atoms with Gasteiger partial charge in [-0.05, 0) is 72.7 Å². The predicted octanol–water partition coefficient (Wildman–Crippen LogP) is 2.65. The van der Waals surface area contributed by atoms with Crippen molar-refractivity contribution >= 4 is 50.1 Å². The van der Waals surface area contributed by atoms with Crippen molar-refractivity contribution < 1.29 is 18.0 Å². The van der Waals surface area contributed by atoms with Crippen molar-refractivity contribution in [1.82, 2.24) is 10.2 Å². The highest BCUT2D eigenvalue weighted by molar-refractivity contribution is 14.1. The zero-order chi connectivity index (χ0) is 23.0. The average Bonchev–Trinajstić information content (AvgIpc) is 2.73. The molecule has 0 aliphatic rings. The number of rotatable bonds is 10. The number of amides is 2. The molecule has 0 aromatic heterocycles. The monoisotopic (exact) mass is 557 g/mol. The van der Waals surface area contributed by atoms with Crippen LogP contribution in [0.25, 0.3) is 0 Å². The number of nitrogens with one attached hydrogen (secondary N) is 1. The molecule has 2 rings (SSSR count). The zero-order valence-corrected chi connectivity index (χ0v) is 20.9. The van der Waals surface area contributed by atoms with Crippen LogP contribution in [0.2, 0.25) is 0 Å². The highest BCUT2D eigenvalue weighted by Crippen LogP contribution is 2.20. The summed E-state index contributed by atoms with van der Waals surface area (Å²) in [6.45, 7) is 3.83. The van der Waals surface area contributed by atoms with Gasteiger partial charge in [-0.15, -0.1) is 0 Å². The second kappa shape index (κ2) is 11.5. The van der Waals surface area contributed by atoms with Crippen molar-refractivity contribution in [2.75, 3.05) is 30.2 Å². The first-order valence-corrected chi connectivity index (χ1v) is 12.9. The van der Waals surface area contributed by atoms with Crippen LogP contribution in [0.3, 0.4) is 0 Å². The van der Waals surface area contributed by atoms with E-state index in [1.54, 1.807) is 31.2 Å². The van der Waals surface area contributed by atoms with Crippen LogP contribution < -0.4 is 9.62 Å². The van der Waals surface area contributed by atoms with E-state index in [2.05, 4.69) is 27.9 Å². The van der Waals surface area contributed by atoms with Gasteiger partial charge >= 0.3 is 0 Å². The van der Waals surface area contributed by atoms with E-state index in [1.165, 1.54) is 4.90 Å². The third kappa shape index (κ3) is 7.49. The Balaban J connectivity index is 2.28. The third-order valence-corrected chi connectivity index (χ3v) is 6.66. The second-order valence-corrected chi connectivity index (χ2v) is 10.3. The van der Waals surface area contributed by atoms with E-state index >= 15 is 0 Å². The lowest BCUT2D eigenvalue weighted by molar-refractivity contribution is -0.138. The third-order valence-electron chi connectivity index (χ3n) is 4.80. The van der Waals surface area contributed by atoms with E-state index in [9.17, 15) is 18.0 Å². The first-order chi connectivity index (χ1) is 14.6. The summed E-state index contributed by atoms with van der Waals surface area (Å²) in [6.07, 6.45) is 1.62. The van der Waals surface area contributed by atoms with Crippen LogP contribution in [0.1, 0.15) is 19.4 Å². The Morgan fingerprint density at radius 1 is 1.06 bits per heavy atom. The van der Waals surface area contributed by atoms with Crippen molar-refractivity contribution in [3.63, 3.8) is 0 Å². The Hall–Kier alpha value is -2.14. The molecule has 0 aliphatic carbocycles. The van der Waals surface area contributed by atoms with E-state index < -0.39 is 22.0 Å². The highest BCUT2D eigenvalue weighted by atomic mass is 127. The Kier molecular flexibility index (Phi) is 9.30. The van der Waals surface area contributed by atoms with E-state index in [0.717, 1.165) is 19.7 Å². The Labute approximate surface area is 198 Å². The number of carbonyl (C=O) groups excluding carboxylic acids is 2. The fourth-order valence-electron chi connectivity index (χ4n) is 3.11. The molecule has 1 atom stereocenters. The number of hydrogen-bond acceptors (Lipinski definition) is 4. The fourth-order valence-corrected chi connectivity index (χ4v) is 4.32. The van der Waals surface area contributed by atoms with Gasteiger partial charge in [0.2, 0.25) is 21.8 Å². The van der Waals surface area contributed by atoms with Crippen molar-refractivity contribution in [2.24, 2.45) is 0 Å². The smallest absolute Gasteiger partial charge is 0.244 e. The van der Waals surface area contributed by atoms with Crippen molar-refractivity contribution in [1.29, 1.82) is 0 Å². The lowest BCUT2D eigenvalue weighted by Gasteiger charge is -2.31. The molecule has 9 heteroatoms. The minimum Gasteiger partial charge on any atom is -0.355 e. The SMILES string of the molecule is CCNC(=O)[C@H](C)N(CCc1ccccc1)C(=O)CN(c1ccc(I)cc1)S(C)(=O)=O. The molecule has 7 nitrogen and oxygen atoms in total. The summed E-state index contributed by atoms with van der Waals surface area (Å²) in [4.78, 5) is 27.2. The minimum absolute atomic E-state index is 0.274. The lowest BCUT2D eigenvalue weighted by atomic mass is 10.1. The molecule has 0 spiro atoms. The lowest BCUT2D eigenvalue weighted by Crippen LogP contribution is -2.52. The molecule has 1 N–H and O–H groups in total. The van der Waals surface area contributed by atoms with Crippen molar-refractivity contribution in [3.8, 4) is 0 Å². The van der Waals surface area contributed by atoms with Gasteiger partial charge in [-0.2, -0.15) is 0 Å². The fraction of sp³-hybridized carbons (Fsp3) is 0.364. The highest BCUT2D eigenvalue weighted by Gasteiger charge is 2.29. The van der Waals surface area contributed by atoms with Crippen LogP contribution in [0.15, 0.2) is 54.6 Å². The van der Waals surface area contributed by atoms with E-state index in [1.807, 2.05) is 37.3 Å². The zero-order valence-electron chi connectivity index (χ0n) is 17.9. The van der Waals surface area contributed by atoms with Gasteiger partial charge in [0.15, 0.2) is 0 Å². The van der Waals surface area contributed by atoms with Crippen LogP contribution in [0.4, 0.5) is 5.69 Å². The number of hydrogen-bond donors (Lipinski definition) is 1. The Bertz CT molecular complexity index is 982. The van der Waals surface area contributed by atoms with Crippen LogP contribution >= 0.6 is 22.6 Å². The minimum atomic E-state index is -3.70. The van der Waals surface area contributed by atoms with Crippen molar-refractivity contribution in [3.05, 3.63) is 63.7 Å². The maximum Gasteiger partial charge on any atom is 0.244 e. The Morgan fingerprint density at radius 2 is 1.68 bits per heavy atom. The molecular formula is C22H28IN3O4S. The summed E-state index contributed by atoms with van der Waals surface area (Å²) in [5.74, 6) is -0.706. The first kappa shape index (κ1) is 25.1. The van der Waals surface area contributed by atoms with Gasteiger partial charge in [0.05, 0.1) is 11.9 Å². The molecule has 0 aliphatic heterocycles. The predicted molar refractivity (Wildman–Crippen MR) is 131 cm³/mol. The molecule has 2 aromatic rings. The second-order valence-electron chi connectivity index (χ2n) is 7.14. The molecule has 2 aromatic carbocycles. The molecule has 0 heterocycles. The summed E-state index contributed by atoms with van der Waals surface area (Å²) >= 11 is 2.13.